The van der Waals surface area contributed by atoms with Gasteiger partial charge in [-0.2, -0.15) is 0 Å². The largest absolute Gasteiger partial charge is 0.336 e. The van der Waals surface area contributed by atoms with E-state index in [9.17, 15) is 9.18 Å². The summed E-state index contributed by atoms with van der Waals surface area (Å²) < 4.78 is 14.9. The summed E-state index contributed by atoms with van der Waals surface area (Å²) in [7, 11) is 1.95. The Morgan fingerprint density at radius 2 is 1.97 bits per heavy atom. The maximum atomic E-state index is 13.3. The van der Waals surface area contributed by atoms with Crippen molar-refractivity contribution in [2.75, 3.05) is 26.7 Å². The molecule has 1 aliphatic rings. The van der Waals surface area contributed by atoms with Gasteiger partial charge in [-0.1, -0.05) is 6.07 Å². The molecule has 1 saturated heterocycles. The van der Waals surface area contributed by atoms with Crippen LogP contribution in [0, 0.1) is 11.7 Å². The number of rotatable bonds is 5. The minimum Gasteiger partial charge on any atom is -0.336 e. The molecule has 3 aromatic rings. The van der Waals surface area contributed by atoms with Gasteiger partial charge < -0.3 is 10.2 Å². The van der Waals surface area contributed by atoms with Crippen LogP contribution in [0.3, 0.4) is 0 Å². The highest BCUT2D eigenvalue weighted by Gasteiger charge is 2.27. The fraction of sp³-hybridized carbons (Fsp3) is 0.350. The third kappa shape index (κ3) is 4.66. The summed E-state index contributed by atoms with van der Waals surface area (Å²) in [5.74, 6) is 0.902. The molecule has 1 N–H and O–H groups in total. The molecule has 1 amide bonds. The van der Waals surface area contributed by atoms with Crippen molar-refractivity contribution >= 4 is 29.7 Å². The molecule has 3 heterocycles. The van der Waals surface area contributed by atoms with Gasteiger partial charge >= 0.3 is 0 Å². The number of nitrogens with one attached hydrogen (secondary N) is 1. The summed E-state index contributed by atoms with van der Waals surface area (Å²) in [6, 6.07) is 9.90. The molecule has 2 aromatic heterocycles. The van der Waals surface area contributed by atoms with Crippen LogP contribution >= 0.6 is 23.7 Å². The number of amides is 1. The second-order valence-corrected chi connectivity index (χ2v) is 7.87. The molecule has 0 atom stereocenters. The van der Waals surface area contributed by atoms with Gasteiger partial charge in [0, 0.05) is 13.1 Å². The van der Waals surface area contributed by atoms with Gasteiger partial charge in [-0.05, 0) is 68.1 Å². The van der Waals surface area contributed by atoms with Crippen LogP contribution in [0.2, 0.25) is 0 Å². The van der Waals surface area contributed by atoms with Crippen molar-refractivity contribution in [3.05, 3.63) is 53.4 Å². The maximum Gasteiger partial charge on any atom is 0.293 e. The monoisotopic (exact) mass is 435 g/mol. The van der Waals surface area contributed by atoms with Crippen molar-refractivity contribution in [3.8, 4) is 16.4 Å². The number of benzene rings is 1. The van der Waals surface area contributed by atoms with Crippen LogP contribution in [0.1, 0.15) is 23.5 Å². The van der Waals surface area contributed by atoms with Crippen molar-refractivity contribution in [1.29, 1.82) is 0 Å². The SMILES string of the molecule is CNCC1CCN(C(=O)c2nc(-c3cccs3)n(-c3ccc(F)cc3)n2)CC1.Cl. The topological polar surface area (TPSA) is 63.1 Å². The Balaban J connectivity index is 0.00000240. The molecule has 29 heavy (non-hydrogen) atoms. The standard InChI is InChI=1S/C20H22FN5OS.ClH/c1-22-13-14-8-10-25(11-9-14)20(27)18-23-19(17-3-2-12-28-17)26(24-18)16-6-4-15(21)5-7-16;/h2-7,12,14,22H,8-11,13H2,1H3;1H. The van der Waals surface area contributed by atoms with Crippen LogP contribution in [-0.2, 0) is 0 Å². The van der Waals surface area contributed by atoms with E-state index in [0.717, 1.165) is 24.3 Å². The van der Waals surface area contributed by atoms with Crippen LogP contribution in [0.4, 0.5) is 4.39 Å². The Morgan fingerprint density at radius 3 is 2.59 bits per heavy atom. The number of carbonyl (C=O) groups is 1. The Morgan fingerprint density at radius 1 is 1.24 bits per heavy atom. The molecule has 9 heteroatoms. The second kappa shape index (κ2) is 9.47. The van der Waals surface area contributed by atoms with E-state index < -0.39 is 0 Å². The first kappa shape index (κ1) is 21.4. The zero-order valence-corrected chi connectivity index (χ0v) is 17.7. The van der Waals surface area contributed by atoms with Gasteiger partial charge in [0.1, 0.15) is 5.82 Å². The number of halogens is 2. The number of carbonyl (C=O) groups excluding carboxylic acids is 1. The molecule has 1 fully saturated rings. The molecular weight excluding hydrogens is 413 g/mol. The third-order valence-corrected chi connectivity index (χ3v) is 5.87. The van der Waals surface area contributed by atoms with Crippen molar-refractivity contribution in [2.24, 2.45) is 5.92 Å². The van der Waals surface area contributed by atoms with E-state index in [2.05, 4.69) is 15.4 Å². The fourth-order valence-corrected chi connectivity index (χ4v) is 4.20. The molecule has 0 spiro atoms. The fourth-order valence-electron chi connectivity index (χ4n) is 3.50. The highest BCUT2D eigenvalue weighted by Crippen LogP contribution is 2.26. The quantitative estimate of drug-likeness (QED) is 0.664. The summed E-state index contributed by atoms with van der Waals surface area (Å²) in [5.41, 5.74) is 0.670. The first-order valence-corrected chi connectivity index (χ1v) is 10.2. The van der Waals surface area contributed by atoms with E-state index in [0.29, 0.717) is 30.5 Å². The molecule has 4 rings (SSSR count). The molecule has 0 bridgehead atoms. The van der Waals surface area contributed by atoms with Crippen molar-refractivity contribution in [2.45, 2.75) is 12.8 Å². The highest BCUT2D eigenvalue weighted by molar-refractivity contribution is 7.13. The predicted molar refractivity (Wildman–Crippen MR) is 114 cm³/mol. The number of piperidine rings is 1. The van der Waals surface area contributed by atoms with Crippen LogP contribution in [0.5, 0.6) is 0 Å². The summed E-state index contributed by atoms with van der Waals surface area (Å²) in [5, 5.41) is 9.64. The van der Waals surface area contributed by atoms with Crippen molar-refractivity contribution in [1.82, 2.24) is 25.0 Å². The van der Waals surface area contributed by atoms with Crippen molar-refractivity contribution in [3.63, 3.8) is 0 Å². The normalized spacial score (nSPS) is 14.6. The smallest absolute Gasteiger partial charge is 0.293 e. The van der Waals surface area contributed by atoms with Gasteiger partial charge in [0.2, 0.25) is 5.82 Å². The van der Waals surface area contributed by atoms with Gasteiger partial charge in [0.05, 0.1) is 10.6 Å². The summed E-state index contributed by atoms with van der Waals surface area (Å²) in [4.78, 5) is 20.3. The zero-order valence-electron chi connectivity index (χ0n) is 16.0. The predicted octanol–water partition coefficient (Wildman–Crippen LogP) is 3.63. The summed E-state index contributed by atoms with van der Waals surface area (Å²) in [6.45, 7) is 2.40. The molecule has 6 nitrogen and oxygen atoms in total. The molecule has 1 aliphatic heterocycles. The number of hydrogen-bond donors (Lipinski definition) is 1. The van der Waals surface area contributed by atoms with Gasteiger partial charge in [0.15, 0.2) is 5.82 Å². The molecular formula is C20H23ClFN5OS. The van der Waals surface area contributed by atoms with Gasteiger partial charge in [-0.15, -0.1) is 28.8 Å². The van der Waals surface area contributed by atoms with E-state index in [1.165, 1.54) is 23.5 Å². The molecule has 0 saturated carbocycles. The van der Waals surface area contributed by atoms with Gasteiger partial charge in [-0.25, -0.2) is 14.1 Å². The minimum absolute atomic E-state index is 0. The third-order valence-electron chi connectivity index (χ3n) is 5.01. The lowest BCUT2D eigenvalue weighted by Crippen LogP contribution is -2.40. The lowest BCUT2D eigenvalue weighted by Gasteiger charge is -2.31. The molecule has 154 valence electrons. The Kier molecular flexibility index (Phi) is 7.00. The second-order valence-electron chi connectivity index (χ2n) is 6.92. The molecule has 0 unspecified atom stereocenters. The average Bonchev–Trinajstić information content (AvgIpc) is 3.39. The molecule has 0 aliphatic carbocycles. The molecule has 1 aromatic carbocycles. The lowest BCUT2D eigenvalue weighted by molar-refractivity contribution is 0.0678. The summed E-state index contributed by atoms with van der Waals surface area (Å²) in [6.07, 6.45) is 1.95. The number of aromatic nitrogens is 3. The van der Waals surface area contributed by atoms with E-state index in [1.807, 2.05) is 29.5 Å². The Bertz CT molecular complexity index is 936. The van der Waals surface area contributed by atoms with Crippen LogP contribution in [0.25, 0.3) is 16.4 Å². The first-order valence-electron chi connectivity index (χ1n) is 9.36. The highest BCUT2D eigenvalue weighted by atomic mass is 35.5. The van der Waals surface area contributed by atoms with Gasteiger partial charge in [-0.3, -0.25) is 4.79 Å². The Labute approximate surface area is 179 Å². The van der Waals surface area contributed by atoms with Crippen LogP contribution < -0.4 is 5.32 Å². The zero-order chi connectivity index (χ0) is 19.5. The number of nitrogens with zero attached hydrogens (tertiary/aromatic N) is 4. The van der Waals surface area contributed by atoms with E-state index in [-0.39, 0.29) is 30.0 Å². The molecule has 0 radical (unpaired) electrons. The maximum absolute atomic E-state index is 13.3. The van der Waals surface area contributed by atoms with E-state index in [1.54, 1.807) is 16.8 Å². The van der Waals surface area contributed by atoms with Gasteiger partial charge in [0.25, 0.3) is 5.91 Å². The minimum atomic E-state index is -0.317. The Hall–Kier alpha value is -2.29. The van der Waals surface area contributed by atoms with E-state index >= 15 is 0 Å². The first-order chi connectivity index (χ1) is 13.7. The van der Waals surface area contributed by atoms with Crippen LogP contribution in [0.15, 0.2) is 41.8 Å². The average molecular weight is 436 g/mol. The number of hydrogen-bond acceptors (Lipinski definition) is 5. The summed E-state index contributed by atoms with van der Waals surface area (Å²) >= 11 is 1.53. The number of likely N-dealkylation sites (tertiary alicyclic amines) is 1. The number of thiophene rings is 1. The van der Waals surface area contributed by atoms with E-state index in [4.69, 9.17) is 0 Å². The van der Waals surface area contributed by atoms with Crippen LogP contribution in [-0.4, -0.2) is 52.3 Å². The lowest BCUT2D eigenvalue weighted by atomic mass is 9.97. The van der Waals surface area contributed by atoms with Crippen molar-refractivity contribution < 1.29 is 9.18 Å².